The summed E-state index contributed by atoms with van der Waals surface area (Å²) in [5.41, 5.74) is 2.28. The van der Waals surface area contributed by atoms with Crippen LogP contribution in [0.2, 0.25) is 5.02 Å². The molecule has 1 saturated heterocycles. The van der Waals surface area contributed by atoms with Gasteiger partial charge in [-0.3, -0.25) is 0 Å². The molecule has 1 heterocycles. The van der Waals surface area contributed by atoms with Crippen LogP contribution in [-0.2, 0) is 10.2 Å². The monoisotopic (exact) mass is 283 g/mol. The van der Waals surface area contributed by atoms with Gasteiger partial charge in [-0.15, -0.1) is 0 Å². The summed E-state index contributed by atoms with van der Waals surface area (Å²) in [6, 6.07) is 4.14. The topological polar surface area (TPSA) is 30.5 Å². The summed E-state index contributed by atoms with van der Waals surface area (Å²) < 4.78 is 11.3. The molecule has 1 aromatic carbocycles. The van der Waals surface area contributed by atoms with Gasteiger partial charge in [0.05, 0.1) is 24.8 Å². The predicted molar refractivity (Wildman–Crippen MR) is 78.3 cm³/mol. The molecule has 1 N–H and O–H groups in total. The van der Waals surface area contributed by atoms with E-state index in [4.69, 9.17) is 21.1 Å². The van der Waals surface area contributed by atoms with E-state index >= 15 is 0 Å². The first kappa shape index (κ1) is 14.6. The molecule has 1 aliphatic rings. The van der Waals surface area contributed by atoms with Gasteiger partial charge in [0.25, 0.3) is 0 Å². The molecule has 4 heteroatoms. The Kier molecular flexibility index (Phi) is 4.39. The number of morpholine rings is 1. The van der Waals surface area contributed by atoms with Crippen LogP contribution in [0.4, 0.5) is 0 Å². The fraction of sp³-hybridized carbons (Fsp3) is 0.600. The lowest BCUT2D eigenvalue weighted by Gasteiger charge is -2.28. The standard InChI is InChI=1S/C15H22ClNO2/c1-15(2,3)10-7-11(13-9-17-5-6-19-13)14(18-4)12(16)8-10/h7-8,13,17H,5-6,9H2,1-4H3. The third kappa shape index (κ3) is 3.22. The molecular formula is C15H22ClNO2. The van der Waals surface area contributed by atoms with Gasteiger partial charge in [-0.1, -0.05) is 32.4 Å². The number of ether oxygens (including phenoxy) is 2. The molecule has 0 saturated carbocycles. The van der Waals surface area contributed by atoms with Crippen LogP contribution in [-0.4, -0.2) is 26.8 Å². The average molecular weight is 284 g/mol. The van der Waals surface area contributed by atoms with E-state index in [1.165, 1.54) is 5.56 Å². The van der Waals surface area contributed by atoms with E-state index in [1.807, 2.05) is 6.07 Å². The molecule has 0 aliphatic carbocycles. The van der Waals surface area contributed by atoms with Crippen LogP contribution in [0.15, 0.2) is 12.1 Å². The van der Waals surface area contributed by atoms with Gasteiger partial charge in [0.15, 0.2) is 0 Å². The van der Waals surface area contributed by atoms with Gasteiger partial charge in [-0.05, 0) is 23.1 Å². The third-order valence-corrected chi connectivity index (χ3v) is 3.70. The van der Waals surface area contributed by atoms with Crippen molar-refractivity contribution in [1.82, 2.24) is 5.32 Å². The van der Waals surface area contributed by atoms with Crippen LogP contribution in [0.5, 0.6) is 5.75 Å². The highest BCUT2D eigenvalue weighted by Gasteiger charge is 2.25. The van der Waals surface area contributed by atoms with Crippen molar-refractivity contribution in [2.24, 2.45) is 0 Å². The molecule has 19 heavy (non-hydrogen) atoms. The normalized spacial score (nSPS) is 20.4. The molecule has 106 valence electrons. The molecule has 2 rings (SSSR count). The van der Waals surface area contributed by atoms with Crippen molar-refractivity contribution in [3.63, 3.8) is 0 Å². The van der Waals surface area contributed by atoms with Crippen molar-refractivity contribution < 1.29 is 9.47 Å². The summed E-state index contributed by atoms with van der Waals surface area (Å²) in [5.74, 6) is 0.725. The summed E-state index contributed by atoms with van der Waals surface area (Å²) in [7, 11) is 1.65. The largest absolute Gasteiger partial charge is 0.495 e. The van der Waals surface area contributed by atoms with Gasteiger partial charge in [0.2, 0.25) is 0 Å². The van der Waals surface area contributed by atoms with Gasteiger partial charge < -0.3 is 14.8 Å². The maximum absolute atomic E-state index is 6.36. The molecular weight excluding hydrogens is 262 g/mol. The Labute approximate surface area is 120 Å². The minimum absolute atomic E-state index is 0.00324. The van der Waals surface area contributed by atoms with E-state index in [-0.39, 0.29) is 11.5 Å². The van der Waals surface area contributed by atoms with Crippen LogP contribution in [0.25, 0.3) is 0 Å². The highest BCUT2D eigenvalue weighted by Crippen LogP contribution is 2.38. The number of methoxy groups -OCH3 is 1. The maximum atomic E-state index is 6.36. The van der Waals surface area contributed by atoms with E-state index in [1.54, 1.807) is 7.11 Å². The number of nitrogens with one attached hydrogen (secondary N) is 1. The van der Waals surface area contributed by atoms with Crippen molar-refractivity contribution in [1.29, 1.82) is 0 Å². The summed E-state index contributed by atoms with van der Waals surface area (Å²) in [4.78, 5) is 0. The Bertz CT molecular complexity index is 448. The van der Waals surface area contributed by atoms with Crippen LogP contribution >= 0.6 is 11.6 Å². The lowest BCUT2D eigenvalue weighted by Crippen LogP contribution is -2.33. The van der Waals surface area contributed by atoms with Gasteiger partial charge in [0, 0.05) is 18.7 Å². The van der Waals surface area contributed by atoms with Crippen molar-refractivity contribution in [3.05, 3.63) is 28.3 Å². The Morgan fingerprint density at radius 2 is 2.11 bits per heavy atom. The Balaban J connectivity index is 2.46. The Morgan fingerprint density at radius 1 is 1.37 bits per heavy atom. The van der Waals surface area contributed by atoms with Gasteiger partial charge in [0.1, 0.15) is 5.75 Å². The molecule has 0 amide bonds. The molecule has 3 nitrogen and oxygen atoms in total. The minimum Gasteiger partial charge on any atom is -0.495 e. The van der Waals surface area contributed by atoms with Crippen molar-refractivity contribution in [3.8, 4) is 5.75 Å². The molecule has 0 radical (unpaired) electrons. The number of hydrogen-bond donors (Lipinski definition) is 1. The number of rotatable bonds is 2. The Hall–Kier alpha value is -0.770. The molecule has 1 aliphatic heterocycles. The van der Waals surface area contributed by atoms with E-state index in [2.05, 4.69) is 32.2 Å². The average Bonchev–Trinajstić information content (AvgIpc) is 2.37. The van der Waals surface area contributed by atoms with Crippen LogP contribution < -0.4 is 10.1 Å². The molecule has 1 fully saturated rings. The molecule has 0 bridgehead atoms. The number of halogens is 1. The first-order valence-corrected chi connectivity index (χ1v) is 7.01. The fourth-order valence-electron chi connectivity index (χ4n) is 2.27. The quantitative estimate of drug-likeness (QED) is 0.903. The molecule has 0 aromatic heterocycles. The summed E-state index contributed by atoms with van der Waals surface area (Å²) in [6.07, 6.45) is 0.00324. The second kappa shape index (κ2) is 5.70. The lowest BCUT2D eigenvalue weighted by molar-refractivity contribution is 0.0262. The van der Waals surface area contributed by atoms with Gasteiger partial charge >= 0.3 is 0 Å². The van der Waals surface area contributed by atoms with Crippen molar-refractivity contribution >= 4 is 11.6 Å². The van der Waals surface area contributed by atoms with E-state index < -0.39 is 0 Å². The molecule has 1 unspecified atom stereocenters. The summed E-state index contributed by atoms with van der Waals surface area (Å²) in [6.45, 7) is 8.93. The second-order valence-corrected chi connectivity index (χ2v) is 6.30. The lowest BCUT2D eigenvalue weighted by atomic mass is 9.85. The zero-order valence-corrected chi connectivity index (χ0v) is 12.8. The summed E-state index contributed by atoms with van der Waals surface area (Å²) in [5, 5.41) is 3.99. The van der Waals surface area contributed by atoms with Crippen LogP contribution in [0.1, 0.15) is 38.0 Å². The second-order valence-electron chi connectivity index (χ2n) is 5.89. The first-order valence-electron chi connectivity index (χ1n) is 6.63. The summed E-state index contributed by atoms with van der Waals surface area (Å²) >= 11 is 6.36. The smallest absolute Gasteiger partial charge is 0.143 e. The Morgan fingerprint density at radius 3 is 2.63 bits per heavy atom. The SMILES string of the molecule is COc1c(Cl)cc(C(C)(C)C)cc1C1CNCCO1. The van der Waals surface area contributed by atoms with E-state index in [9.17, 15) is 0 Å². The number of benzene rings is 1. The maximum Gasteiger partial charge on any atom is 0.143 e. The zero-order chi connectivity index (χ0) is 14.0. The highest BCUT2D eigenvalue weighted by atomic mass is 35.5. The zero-order valence-electron chi connectivity index (χ0n) is 12.0. The van der Waals surface area contributed by atoms with Crippen LogP contribution in [0.3, 0.4) is 0 Å². The minimum atomic E-state index is 0.00324. The third-order valence-electron chi connectivity index (χ3n) is 3.42. The van der Waals surface area contributed by atoms with Crippen LogP contribution in [0, 0.1) is 0 Å². The van der Waals surface area contributed by atoms with Crippen molar-refractivity contribution in [2.75, 3.05) is 26.8 Å². The molecule has 1 atom stereocenters. The fourth-order valence-corrected chi connectivity index (χ4v) is 2.57. The first-order chi connectivity index (χ1) is 8.93. The molecule has 1 aromatic rings. The van der Waals surface area contributed by atoms with Gasteiger partial charge in [-0.25, -0.2) is 0 Å². The predicted octanol–water partition coefficient (Wildman–Crippen LogP) is 3.31. The van der Waals surface area contributed by atoms with Crippen molar-refractivity contribution in [2.45, 2.75) is 32.3 Å². The number of hydrogen-bond acceptors (Lipinski definition) is 3. The molecule has 0 spiro atoms. The van der Waals surface area contributed by atoms with E-state index in [0.717, 1.165) is 24.4 Å². The van der Waals surface area contributed by atoms with E-state index in [0.29, 0.717) is 11.6 Å². The van der Waals surface area contributed by atoms with Gasteiger partial charge in [-0.2, -0.15) is 0 Å². The highest BCUT2D eigenvalue weighted by molar-refractivity contribution is 6.32.